The van der Waals surface area contributed by atoms with Crippen molar-refractivity contribution in [3.8, 4) is 0 Å². The van der Waals surface area contributed by atoms with Crippen LogP contribution in [0.1, 0.15) is 39.5 Å². The van der Waals surface area contributed by atoms with E-state index in [-0.39, 0.29) is 30.3 Å². The molecule has 2 rings (SSSR count). The van der Waals surface area contributed by atoms with Crippen LogP contribution in [0, 0.1) is 5.41 Å². The Morgan fingerprint density at radius 1 is 1.13 bits per heavy atom. The van der Waals surface area contributed by atoms with Crippen molar-refractivity contribution in [2.24, 2.45) is 11.1 Å². The standard InChI is InChI=1S/C16H29N3O3.ClH/c1-3-16(4-2,12-17)15(21)19-9-7-18(8-10-19)14(20)13-6-5-11-22-13;/h13H,3-12,17H2,1-2H3;1H. The lowest BCUT2D eigenvalue weighted by Gasteiger charge is -2.40. The Balaban J connectivity index is 0.00000264. The lowest BCUT2D eigenvalue weighted by atomic mass is 9.81. The maximum Gasteiger partial charge on any atom is 0.251 e. The fourth-order valence-corrected chi connectivity index (χ4v) is 3.37. The second kappa shape index (κ2) is 8.85. The van der Waals surface area contributed by atoms with E-state index in [0.717, 1.165) is 25.7 Å². The second-order valence-corrected chi connectivity index (χ2v) is 6.31. The number of amides is 2. The fourth-order valence-electron chi connectivity index (χ4n) is 3.37. The zero-order chi connectivity index (χ0) is 16.2. The summed E-state index contributed by atoms with van der Waals surface area (Å²) in [6.45, 7) is 7.49. The number of hydrogen-bond acceptors (Lipinski definition) is 4. The highest BCUT2D eigenvalue weighted by Crippen LogP contribution is 2.28. The van der Waals surface area contributed by atoms with E-state index in [9.17, 15) is 9.59 Å². The highest BCUT2D eigenvalue weighted by molar-refractivity contribution is 5.85. The Morgan fingerprint density at radius 3 is 2.13 bits per heavy atom. The molecule has 0 saturated carbocycles. The van der Waals surface area contributed by atoms with Crippen LogP contribution in [0.25, 0.3) is 0 Å². The highest BCUT2D eigenvalue weighted by Gasteiger charge is 2.39. The van der Waals surface area contributed by atoms with E-state index in [4.69, 9.17) is 10.5 Å². The van der Waals surface area contributed by atoms with E-state index in [1.807, 2.05) is 23.6 Å². The van der Waals surface area contributed by atoms with Crippen LogP contribution in [0.15, 0.2) is 0 Å². The molecule has 2 N–H and O–H groups in total. The van der Waals surface area contributed by atoms with E-state index < -0.39 is 5.41 Å². The van der Waals surface area contributed by atoms with Crippen LogP contribution >= 0.6 is 12.4 Å². The topological polar surface area (TPSA) is 75.9 Å². The molecule has 0 aromatic rings. The molecule has 134 valence electrons. The van der Waals surface area contributed by atoms with Gasteiger partial charge in [-0.1, -0.05) is 13.8 Å². The van der Waals surface area contributed by atoms with Gasteiger partial charge in [0.2, 0.25) is 5.91 Å². The number of halogens is 1. The van der Waals surface area contributed by atoms with E-state index >= 15 is 0 Å². The average molecular weight is 348 g/mol. The SMILES string of the molecule is CCC(CC)(CN)C(=O)N1CCN(C(=O)C2CCCO2)CC1.Cl. The first kappa shape index (κ1) is 20.2. The van der Waals surface area contributed by atoms with Gasteiger partial charge in [0.25, 0.3) is 5.91 Å². The number of hydrogen-bond donors (Lipinski definition) is 1. The summed E-state index contributed by atoms with van der Waals surface area (Å²) in [7, 11) is 0. The molecule has 6 nitrogen and oxygen atoms in total. The van der Waals surface area contributed by atoms with Crippen molar-refractivity contribution in [1.29, 1.82) is 0 Å². The van der Waals surface area contributed by atoms with E-state index in [1.165, 1.54) is 0 Å². The minimum absolute atomic E-state index is 0. The average Bonchev–Trinajstić information content (AvgIpc) is 3.11. The van der Waals surface area contributed by atoms with Crippen LogP contribution in [0.2, 0.25) is 0 Å². The molecule has 1 atom stereocenters. The molecule has 0 radical (unpaired) electrons. The maximum absolute atomic E-state index is 12.8. The van der Waals surface area contributed by atoms with Gasteiger partial charge in [-0.25, -0.2) is 0 Å². The zero-order valence-corrected chi connectivity index (χ0v) is 15.1. The van der Waals surface area contributed by atoms with Crippen molar-refractivity contribution in [3.05, 3.63) is 0 Å². The molecule has 0 aliphatic carbocycles. The van der Waals surface area contributed by atoms with E-state index in [1.54, 1.807) is 0 Å². The van der Waals surface area contributed by atoms with Gasteiger partial charge in [0, 0.05) is 39.3 Å². The van der Waals surface area contributed by atoms with Crippen LogP contribution in [-0.4, -0.2) is 67.0 Å². The van der Waals surface area contributed by atoms with Crippen molar-refractivity contribution < 1.29 is 14.3 Å². The van der Waals surface area contributed by atoms with E-state index in [0.29, 0.717) is 39.3 Å². The summed E-state index contributed by atoms with van der Waals surface area (Å²) in [6.07, 6.45) is 3.03. The molecule has 7 heteroatoms. The Hall–Kier alpha value is -0.850. The Morgan fingerprint density at radius 2 is 1.70 bits per heavy atom. The molecular weight excluding hydrogens is 318 g/mol. The molecule has 0 spiro atoms. The number of carbonyl (C=O) groups excluding carboxylic acids is 2. The quantitative estimate of drug-likeness (QED) is 0.805. The van der Waals surface area contributed by atoms with Gasteiger partial charge in [-0.15, -0.1) is 12.4 Å². The molecular formula is C16H30ClN3O3. The van der Waals surface area contributed by atoms with Gasteiger partial charge in [-0.2, -0.15) is 0 Å². The zero-order valence-electron chi connectivity index (χ0n) is 14.3. The van der Waals surface area contributed by atoms with Crippen LogP contribution in [-0.2, 0) is 14.3 Å². The molecule has 0 bridgehead atoms. The molecule has 2 saturated heterocycles. The Kier molecular flexibility index (Phi) is 7.77. The van der Waals surface area contributed by atoms with Crippen molar-refractivity contribution in [1.82, 2.24) is 9.80 Å². The largest absolute Gasteiger partial charge is 0.368 e. The predicted molar refractivity (Wildman–Crippen MR) is 91.5 cm³/mol. The minimum atomic E-state index is -0.444. The smallest absolute Gasteiger partial charge is 0.251 e. The third-order valence-electron chi connectivity index (χ3n) is 5.28. The fraction of sp³-hybridized carbons (Fsp3) is 0.875. The summed E-state index contributed by atoms with van der Waals surface area (Å²) in [5.41, 5.74) is 5.42. The van der Waals surface area contributed by atoms with Crippen LogP contribution in [0.5, 0.6) is 0 Å². The first-order chi connectivity index (χ1) is 10.6. The minimum Gasteiger partial charge on any atom is -0.368 e. The Bertz CT molecular complexity index is 393. The van der Waals surface area contributed by atoms with Crippen molar-refractivity contribution in [2.45, 2.75) is 45.6 Å². The van der Waals surface area contributed by atoms with Gasteiger partial charge in [0.1, 0.15) is 6.10 Å². The monoisotopic (exact) mass is 347 g/mol. The normalized spacial score (nSPS) is 22.0. The summed E-state index contributed by atoms with van der Waals surface area (Å²) in [6, 6.07) is 0. The van der Waals surface area contributed by atoms with Gasteiger partial charge < -0.3 is 20.3 Å². The molecule has 2 fully saturated rings. The maximum atomic E-state index is 12.8. The molecule has 2 aliphatic heterocycles. The second-order valence-electron chi connectivity index (χ2n) is 6.31. The number of rotatable bonds is 5. The Labute approximate surface area is 145 Å². The number of carbonyl (C=O) groups is 2. The molecule has 2 aliphatic rings. The van der Waals surface area contributed by atoms with Crippen LogP contribution in [0.4, 0.5) is 0 Å². The van der Waals surface area contributed by atoms with E-state index in [2.05, 4.69) is 0 Å². The predicted octanol–water partition coefficient (Wildman–Crippen LogP) is 1.02. The summed E-state index contributed by atoms with van der Waals surface area (Å²) in [5, 5.41) is 0. The third kappa shape index (κ3) is 4.17. The molecule has 0 aromatic heterocycles. The molecule has 0 aromatic carbocycles. The van der Waals surface area contributed by atoms with Gasteiger partial charge in [0.15, 0.2) is 0 Å². The summed E-state index contributed by atoms with van der Waals surface area (Å²) >= 11 is 0. The highest BCUT2D eigenvalue weighted by atomic mass is 35.5. The lowest BCUT2D eigenvalue weighted by molar-refractivity contribution is -0.150. The van der Waals surface area contributed by atoms with Gasteiger partial charge in [-0.3, -0.25) is 9.59 Å². The number of ether oxygens (including phenoxy) is 1. The molecule has 2 amide bonds. The summed E-state index contributed by atoms with van der Waals surface area (Å²) in [4.78, 5) is 28.8. The van der Waals surface area contributed by atoms with Crippen LogP contribution in [0.3, 0.4) is 0 Å². The van der Waals surface area contributed by atoms with Gasteiger partial charge in [-0.05, 0) is 25.7 Å². The first-order valence-corrected chi connectivity index (χ1v) is 8.47. The number of nitrogens with two attached hydrogens (primary N) is 1. The first-order valence-electron chi connectivity index (χ1n) is 8.47. The van der Waals surface area contributed by atoms with Crippen molar-refractivity contribution in [2.75, 3.05) is 39.3 Å². The number of piperazine rings is 1. The molecule has 1 unspecified atom stereocenters. The van der Waals surface area contributed by atoms with Crippen molar-refractivity contribution in [3.63, 3.8) is 0 Å². The summed E-state index contributed by atoms with van der Waals surface area (Å²) in [5.74, 6) is 0.227. The summed E-state index contributed by atoms with van der Waals surface area (Å²) < 4.78 is 5.46. The molecule has 23 heavy (non-hydrogen) atoms. The number of nitrogens with zero attached hydrogens (tertiary/aromatic N) is 2. The third-order valence-corrected chi connectivity index (χ3v) is 5.28. The van der Waals surface area contributed by atoms with Crippen molar-refractivity contribution >= 4 is 24.2 Å². The lowest BCUT2D eigenvalue weighted by Crippen LogP contribution is -2.56. The van der Waals surface area contributed by atoms with Gasteiger partial charge >= 0.3 is 0 Å². The van der Waals surface area contributed by atoms with Gasteiger partial charge in [0.05, 0.1) is 5.41 Å². The van der Waals surface area contributed by atoms with Crippen LogP contribution < -0.4 is 5.73 Å². The molecule has 2 heterocycles.